The quantitative estimate of drug-likeness (QED) is 0.672. The van der Waals surface area contributed by atoms with Crippen LogP contribution in [0.15, 0.2) is 11.4 Å². The summed E-state index contributed by atoms with van der Waals surface area (Å²) in [6.45, 7) is 3.99. The fraction of sp³-hybridized carbons (Fsp3) is 0.333. The fourth-order valence-electron chi connectivity index (χ4n) is 0.966. The average Bonchev–Trinajstić information content (AvgIpc) is 2.49. The van der Waals surface area contributed by atoms with Gasteiger partial charge in [0.25, 0.3) is 0 Å². The lowest BCUT2D eigenvalue weighted by atomic mass is 10.0. The van der Waals surface area contributed by atoms with E-state index in [0.717, 1.165) is 10.4 Å². The van der Waals surface area contributed by atoms with Crippen LogP contribution in [-0.2, 0) is 0 Å². The first kappa shape index (κ1) is 9.13. The molecule has 0 aliphatic carbocycles. The molecule has 0 bridgehead atoms. The zero-order chi connectivity index (χ0) is 9.14. The Morgan fingerprint density at radius 2 is 2.25 bits per heavy atom. The third-order valence-electron chi connectivity index (χ3n) is 1.69. The van der Waals surface area contributed by atoms with E-state index in [2.05, 4.69) is 0 Å². The molecule has 3 heteroatoms. The van der Waals surface area contributed by atoms with Gasteiger partial charge in [0, 0.05) is 17.5 Å². The van der Waals surface area contributed by atoms with Crippen molar-refractivity contribution < 1.29 is 0 Å². The van der Waals surface area contributed by atoms with Crippen LogP contribution in [0.1, 0.15) is 24.3 Å². The molecular weight excluding hydrogens is 168 g/mol. The maximum absolute atomic E-state index is 7.75. The van der Waals surface area contributed by atoms with Gasteiger partial charge in [-0.2, -0.15) is 0 Å². The van der Waals surface area contributed by atoms with Crippen LogP contribution in [0.25, 0.3) is 0 Å². The fourth-order valence-corrected chi connectivity index (χ4v) is 1.69. The van der Waals surface area contributed by atoms with E-state index >= 15 is 0 Å². The summed E-state index contributed by atoms with van der Waals surface area (Å²) in [5, 5.41) is 16.8. The first-order valence-corrected chi connectivity index (χ1v) is 4.71. The molecule has 0 saturated heterocycles. The number of nitrogens with one attached hydrogen (secondary N) is 2. The smallest absolute Gasteiger partial charge is 0.0536 e. The van der Waals surface area contributed by atoms with Crippen LogP contribution >= 0.6 is 11.3 Å². The van der Waals surface area contributed by atoms with Crippen LogP contribution < -0.4 is 0 Å². The molecule has 0 unspecified atom stereocenters. The normalized spacial score (nSPS) is 10.2. The van der Waals surface area contributed by atoms with E-state index in [0.29, 0.717) is 5.71 Å². The van der Waals surface area contributed by atoms with Crippen molar-refractivity contribution in [1.82, 2.24) is 0 Å². The van der Waals surface area contributed by atoms with E-state index in [-0.39, 0.29) is 5.92 Å². The summed E-state index contributed by atoms with van der Waals surface area (Å²) in [6.07, 6.45) is 1.32. The van der Waals surface area contributed by atoms with Gasteiger partial charge in [-0.25, -0.2) is 0 Å². The van der Waals surface area contributed by atoms with Crippen LogP contribution in [0.3, 0.4) is 0 Å². The van der Waals surface area contributed by atoms with Crippen molar-refractivity contribution in [2.45, 2.75) is 13.8 Å². The second-order valence-electron chi connectivity index (χ2n) is 2.91. The molecule has 1 aromatic rings. The lowest BCUT2D eigenvalue weighted by Gasteiger charge is -2.05. The van der Waals surface area contributed by atoms with Gasteiger partial charge < -0.3 is 10.8 Å². The highest BCUT2D eigenvalue weighted by molar-refractivity contribution is 7.12. The maximum atomic E-state index is 7.75. The molecule has 12 heavy (non-hydrogen) atoms. The Balaban J connectivity index is 3.01. The first-order valence-electron chi connectivity index (χ1n) is 3.83. The Hall–Kier alpha value is -0.960. The summed E-state index contributed by atoms with van der Waals surface area (Å²) in [5.41, 5.74) is 1.53. The van der Waals surface area contributed by atoms with Crippen molar-refractivity contribution in [2.75, 3.05) is 0 Å². The summed E-state index contributed by atoms with van der Waals surface area (Å²) >= 11 is 1.51. The average molecular weight is 180 g/mol. The van der Waals surface area contributed by atoms with Crippen LogP contribution in [-0.4, -0.2) is 11.9 Å². The van der Waals surface area contributed by atoms with Crippen molar-refractivity contribution in [3.63, 3.8) is 0 Å². The minimum Gasteiger partial charge on any atom is -0.307 e. The van der Waals surface area contributed by atoms with Crippen molar-refractivity contribution in [3.05, 3.63) is 21.9 Å². The highest BCUT2D eigenvalue weighted by atomic mass is 32.1. The monoisotopic (exact) mass is 180 g/mol. The third kappa shape index (κ3) is 1.61. The van der Waals surface area contributed by atoms with Crippen molar-refractivity contribution >= 4 is 23.3 Å². The van der Waals surface area contributed by atoms with E-state index in [1.807, 2.05) is 25.3 Å². The van der Waals surface area contributed by atoms with Crippen molar-refractivity contribution in [1.29, 1.82) is 10.8 Å². The van der Waals surface area contributed by atoms with E-state index in [4.69, 9.17) is 10.8 Å². The highest BCUT2D eigenvalue weighted by Crippen LogP contribution is 2.17. The molecule has 0 spiro atoms. The van der Waals surface area contributed by atoms with Crippen LogP contribution in [0, 0.1) is 16.7 Å². The summed E-state index contributed by atoms with van der Waals surface area (Å²) in [4.78, 5) is 0.883. The Morgan fingerprint density at radius 3 is 2.75 bits per heavy atom. The van der Waals surface area contributed by atoms with Gasteiger partial charge in [-0.3, -0.25) is 0 Å². The topological polar surface area (TPSA) is 47.7 Å². The van der Waals surface area contributed by atoms with Crippen LogP contribution in [0.4, 0.5) is 0 Å². The molecule has 0 fully saturated rings. The summed E-state index contributed by atoms with van der Waals surface area (Å²) in [7, 11) is 0. The lowest BCUT2D eigenvalue weighted by Crippen LogP contribution is -2.07. The Kier molecular flexibility index (Phi) is 2.76. The molecule has 64 valence electrons. The van der Waals surface area contributed by atoms with E-state index in [1.165, 1.54) is 17.6 Å². The largest absolute Gasteiger partial charge is 0.307 e. The first-order chi connectivity index (χ1) is 5.66. The molecule has 0 amide bonds. The van der Waals surface area contributed by atoms with Crippen LogP contribution in [0.5, 0.6) is 0 Å². The number of thiophene rings is 1. The predicted octanol–water partition coefficient (Wildman–Crippen LogP) is 2.77. The number of rotatable bonds is 3. The van der Waals surface area contributed by atoms with Gasteiger partial charge in [-0.15, -0.1) is 11.3 Å². The molecule has 0 aliphatic rings. The Bertz CT molecular complexity index is 299. The standard InChI is InChI=1S/C9H12N2S/c1-6(2)9(11)7-3-4-12-8(7)5-10/h3-6,10-11H,1-2H3. The second-order valence-corrected chi connectivity index (χ2v) is 3.86. The lowest BCUT2D eigenvalue weighted by molar-refractivity contribution is 0.878. The molecule has 1 heterocycles. The number of hydrogen-bond donors (Lipinski definition) is 2. The second kappa shape index (κ2) is 3.63. The molecule has 0 aromatic carbocycles. The molecule has 0 aliphatic heterocycles. The van der Waals surface area contributed by atoms with Crippen molar-refractivity contribution in [3.8, 4) is 0 Å². The molecule has 1 aromatic heterocycles. The molecule has 0 atom stereocenters. The van der Waals surface area contributed by atoms with E-state index in [9.17, 15) is 0 Å². The zero-order valence-corrected chi connectivity index (χ0v) is 8.03. The van der Waals surface area contributed by atoms with Gasteiger partial charge in [0.15, 0.2) is 0 Å². The van der Waals surface area contributed by atoms with E-state index < -0.39 is 0 Å². The van der Waals surface area contributed by atoms with Gasteiger partial charge >= 0.3 is 0 Å². The molecule has 1 rings (SSSR count). The molecule has 0 radical (unpaired) electrons. The molecule has 2 nitrogen and oxygen atoms in total. The SMILES string of the molecule is CC(C)C(=N)c1ccsc1C=N. The minimum absolute atomic E-state index is 0.235. The van der Waals surface area contributed by atoms with Gasteiger partial charge in [0.2, 0.25) is 0 Å². The predicted molar refractivity (Wildman–Crippen MR) is 53.9 cm³/mol. The minimum atomic E-state index is 0.235. The molecular formula is C9H12N2S. The van der Waals surface area contributed by atoms with Gasteiger partial charge in [-0.05, 0) is 17.4 Å². The molecule has 2 N–H and O–H groups in total. The molecule has 0 saturated carbocycles. The summed E-state index contributed by atoms with van der Waals surface area (Å²) < 4.78 is 0. The highest BCUT2D eigenvalue weighted by Gasteiger charge is 2.10. The Morgan fingerprint density at radius 1 is 1.58 bits per heavy atom. The third-order valence-corrected chi connectivity index (χ3v) is 2.56. The Labute approximate surface area is 76.3 Å². The maximum Gasteiger partial charge on any atom is 0.0536 e. The van der Waals surface area contributed by atoms with Gasteiger partial charge in [0.1, 0.15) is 0 Å². The summed E-state index contributed by atoms with van der Waals surface area (Å²) in [5.74, 6) is 0.235. The van der Waals surface area contributed by atoms with Gasteiger partial charge in [-0.1, -0.05) is 13.8 Å². The van der Waals surface area contributed by atoms with Crippen molar-refractivity contribution in [2.24, 2.45) is 5.92 Å². The summed E-state index contributed by atoms with van der Waals surface area (Å²) in [6, 6.07) is 1.91. The van der Waals surface area contributed by atoms with Gasteiger partial charge in [0.05, 0.1) is 4.88 Å². The number of hydrogen-bond acceptors (Lipinski definition) is 3. The van der Waals surface area contributed by atoms with E-state index in [1.54, 1.807) is 0 Å². The van der Waals surface area contributed by atoms with Crippen LogP contribution in [0.2, 0.25) is 0 Å². The zero-order valence-electron chi connectivity index (χ0n) is 7.22.